The summed E-state index contributed by atoms with van der Waals surface area (Å²) in [5, 5.41) is 4.22. The van der Waals surface area contributed by atoms with E-state index in [1.165, 1.54) is 0 Å². The average molecular weight is 237 g/mol. The maximum absolute atomic E-state index is 4.33. The molecule has 5 nitrogen and oxygen atoms in total. The van der Waals surface area contributed by atoms with Crippen LogP contribution in [-0.2, 0) is 0 Å². The molecule has 0 aliphatic heterocycles. The average Bonchev–Trinajstić information content (AvgIpc) is 2.42. The first-order chi connectivity index (χ1) is 8.83. The molecule has 0 aliphatic rings. The van der Waals surface area contributed by atoms with Crippen LogP contribution < -0.4 is 5.32 Å². The second kappa shape index (κ2) is 4.37. The molecule has 18 heavy (non-hydrogen) atoms. The third-order valence-corrected chi connectivity index (χ3v) is 2.56. The second-order valence-corrected chi connectivity index (χ2v) is 3.88. The third kappa shape index (κ3) is 1.98. The van der Waals surface area contributed by atoms with Gasteiger partial charge in [-0.2, -0.15) is 0 Å². The zero-order valence-electron chi connectivity index (χ0n) is 9.83. The summed E-state index contributed by atoms with van der Waals surface area (Å²) in [6.07, 6.45) is 6.96. The molecule has 3 rings (SSSR count). The predicted molar refractivity (Wildman–Crippen MR) is 69.6 cm³/mol. The molecule has 3 heterocycles. The number of nitrogens with one attached hydrogen (secondary N) is 1. The lowest BCUT2D eigenvalue weighted by Crippen LogP contribution is -1.97. The SMILES string of the molecule is Cc1ncc(Nc2nccc3cccnc23)cn1. The van der Waals surface area contributed by atoms with Crippen LogP contribution in [0.15, 0.2) is 43.0 Å². The van der Waals surface area contributed by atoms with Crippen molar-refractivity contribution in [1.29, 1.82) is 0 Å². The molecule has 0 amide bonds. The third-order valence-electron chi connectivity index (χ3n) is 2.56. The van der Waals surface area contributed by atoms with E-state index >= 15 is 0 Å². The minimum atomic E-state index is 0.709. The van der Waals surface area contributed by atoms with Crippen LogP contribution in [0.2, 0.25) is 0 Å². The predicted octanol–water partition coefficient (Wildman–Crippen LogP) is 2.47. The summed E-state index contributed by atoms with van der Waals surface area (Å²) in [6.45, 7) is 1.85. The fraction of sp³-hybridized carbons (Fsp3) is 0.0769. The normalized spacial score (nSPS) is 10.5. The van der Waals surface area contributed by atoms with Gasteiger partial charge in [0.1, 0.15) is 11.3 Å². The number of aromatic nitrogens is 4. The summed E-state index contributed by atoms with van der Waals surface area (Å²) in [7, 11) is 0. The first-order valence-electron chi connectivity index (χ1n) is 5.58. The van der Waals surface area contributed by atoms with Crippen LogP contribution in [0, 0.1) is 6.92 Å². The van der Waals surface area contributed by atoms with Gasteiger partial charge in [0.2, 0.25) is 0 Å². The Kier molecular flexibility index (Phi) is 2.57. The first kappa shape index (κ1) is 10.6. The van der Waals surface area contributed by atoms with Crippen molar-refractivity contribution in [3.8, 4) is 0 Å². The molecule has 0 saturated heterocycles. The molecule has 0 aromatic carbocycles. The van der Waals surface area contributed by atoms with Crippen molar-refractivity contribution in [3.63, 3.8) is 0 Å². The molecule has 0 unspecified atom stereocenters. The van der Waals surface area contributed by atoms with Crippen molar-refractivity contribution in [2.45, 2.75) is 6.92 Å². The van der Waals surface area contributed by atoms with E-state index in [0.717, 1.165) is 22.4 Å². The standard InChI is InChI=1S/C13H11N5/c1-9-16-7-11(8-17-9)18-13-12-10(4-6-15-13)3-2-5-14-12/h2-8H,1H3,(H,15,18). The van der Waals surface area contributed by atoms with Crippen molar-refractivity contribution < 1.29 is 0 Å². The van der Waals surface area contributed by atoms with Gasteiger partial charge in [-0.15, -0.1) is 0 Å². The molecule has 5 heteroatoms. The van der Waals surface area contributed by atoms with Crippen molar-refractivity contribution >= 4 is 22.4 Å². The minimum Gasteiger partial charge on any atom is -0.336 e. The molecular formula is C13H11N5. The van der Waals surface area contributed by atoms with E-state index in [4.69, 9.17) is 0 Å². The van der Waals surface area contributed by atoms with Crippen LogP contribution in [0.5, 0.6) is 0 Å². The van der Waals surface area contributed by atoms with Crippen molar-refractivity contribution in [2.24, 2.45) is 0 Å². The highest BCUT2D eigenvalue weighted by atomic mass is 15.0. The zero-order valence-corrected chi connectivity index (χ0v) is 9.83. The summed E-state index contributed by atoms with van der Waals surface area (Å²) in [5.41, 5.74) is 1.63. The number of nitrogens with zero attached hydrogens (tertiary/aromatic N) is 4. The van der Waals surface area contributed by atoms with E-state index in [0.29, 0.717) is 5.82 Å². The van der Waals surface area contributed by atoms with Gasteiger partial charge in [-0.25, -0.2) is 15.0 Å². The molecule has 0 spiro atoms. The molecule has 0 saturated carbocycles. The number of rotatable bonds is 2. The number of anilines is 2. The molecule has 1 N–H and O–H groups in total. The quantitative estimate of drug-likeness (QED) is 0.741. The van der Waals surface area contributed by atoms with Gasteiger partial charge in [-0.05, 0) is 19.1 Å². The maximum atomic E-state index is 4.33. The molecule has 0 radical (unpaired) electrons. The number of hydrogen-bond donors (Lipinski definition) is 1. The topological polar surface area (TPSA) is 63.6 Å². The maximum Gasteiger partial charge on any atom is 0.157 e. The minimum absolute atomic E-state index is 0.709. The molecular weight excluding hydrogens is 226 g/mol. The van der Waals surface area contributed by atoms with Gasteiger partial charge in [0, 0.05) is 17.8 Å². The van der Waals surface area contributed by atoms with Gasteiger partial charge < -0.3 is 5.32 Å². The fourth-order valence-electron chi connectivity index (χ4n) is 1.69. The summed E-state index contributed by atoms with van der Waals surface area (Å²) in [6, 6.07) is 5.83. The number of hydrogen-bond acceptors (Lipinski definition) is 5. The summed E-state index contributed by atoms with van der Waals surface area (Å²) in [4.78, 5) is 16.9. The van der Waals surface area contributed by atoms with E-state index in [-0.39, 0.29) is 0 Å². The number of aryl methyl sites for hydroxylation is 1. The monoisotopic (exact) mass is 237 g/mol. The fourth-order valence-corrected chi connectivity index (χ4v) is 1.69. The van der Waals surface area contributed by atoms with Gasteiger partial charge in [-0.1, -0.05) is 6.07 Å². The lowest BCUT2D eigenvalue weighted by Gasteiger charge is -2.07. The van der Waals surface area contributed by atoms with Gasteiger partial charge in [-0.3, -0.25) is 4.98 Å². The first-order valence-corrected chi connectivity index (χ1v) is 5.58. The Morgan fingerprint density at radius 3 is 2.61 bits per heavy atom. The van der Waals surface area contributed by atoms with Crippen molar-refractivity contribution in [3.05, 3.63) is 48.8 Å². The molecule has 0 aliphatic carbocycles. The second-order valence-electron chi connectivity index (χ2n) is 3.88. The zero-order chi connectivity index (χ0) is 12.4. The Labute approximate surface area is 104 Å². The highest BCUT2D eigenvalue weighted by Crippen LogP contribution is 2.21. The Hall–Kier alpha value is -2.56. The highest BCUT2D eigenvalue weighted by Gasteiger charge is 2.03. The van der Waals surface area contributed by atoms with Gasteiger partial charge in [0.25, 0.3) is 0 Å². The van der Waals surface area contributed by atoms with Crippen molar-refractivity contribution in [1.82, 2.24) is 19.9 Å². The van der Waals surface area contributed by atoms with E-state index in [2.05, 4.69) is 25.3 Å². The Morgan fingerprint density at radius 1 is 0.944 bits per heavy atom. The van der Waals surface area contributed by atoms with E-state index in [1.807, 2.05) is 25.1 Å². The largest absolute Gasteiger partial charge is 0.336 e. The molecule has 0 fully saturated rings. The molecule has 0 bridgehead atoms. The van der Waals surface area contributed by atoms with E-state index in [9.17, 15) is 0 Å². The van der Waals surface area contributed by atoms with E-state index in [1.54, 1.807) is 24.8 Å². The summed E-state index contributed by atoms with van der Waals surface area (Å²) >= 11 is 0. The van der Waals surface area contributed by atoms with Crippen LogP contribution in [0.25, 0.3) is 10.9 Å². The van der Waals surface area contributed by atoms with Crippen LogP contribution in [0.1, 0.15) is 5.82 Å². The Bertz CT molecular complexity index is 673. The van der Waals surface area contributed by atoms with Crippen LogP contribution in [-0.4, -0.2) is 19.9 Å². The summed E-state index contributed by atoms with van der Waals surface area (Å²) in [5.74, 6) is 1.45. The van der Waals surface area contributed by atoms with Gasteiger partial charge in [0.15, 0.2) is 5.82 Å². The highest BCUT2D eigenvalue weighted by molar-refractivity contribution is 5.89. The van der Waals surface area contributed by atoms with Crippen LogP contribution in [0.4, 0.5) is 11.5 Å². The van der Waals surface area contributed by atoms with Gasteiger partial charge >= 0.3 is 0 Å². The smallest absolute Gasteiger partial charge is 0.157 e. The van der Waals surface area contributed by atoms with Gasteiger partial charge in [0.05, 0.1) is 18.1 Å². The number of pyridine rings is 2. The van der Waals surface area contributed by atoms with Crippen LogP contribution >= 0.6 is 0 Å². The van der Waals surface area contributed by atoms with Crippen LogP contribution in [0.3, 0.4) is 0 Å². The lowest BCUT2D eigenvalue weighted by molar-refractivity contribution is 1.05. The lowest BCUT2D eigenvalue weighted by atomic mass is 10.2. The van der Waals surface area contributed by atoms with E-state index < -0.39 is 0 Å². The summed E-state index contributed by atoms with van der Waals surface area (Å²) < 4.78 is 0. The molecule has 88 valence electrons. The molecule has 3 aromatic rings. The molecule has 0 atom stereocenters. The number of fused-ring (bicyclic) bond motifs is 1. The Balaban J connectivity index is 2.02. The molecule has 3 aromatic heterocycles. The van der Waals surface area contributed by atoms with Crippen molar-refractivity contribution in [2.75, 3.05) is 5.32 Å². The Morgan fingerprint density at radius 2 is 1.78 bits per heavy atom.